The van der Waals surface area contributed by atoms with Gasteiger partial charge in [-0.25, -0.2) is 0 Å². The van der Waals surface area contributed by atoms with Crippen molar-refractivity contribution in [1.29, 1.82) is 0 Å². The first-order valence-electron chi connectivity index (χ1n) is 9.72. The first-order valence-corrected chi connectivity index (χ1v) is 9.72. The first kappa shape index (κ1) is 17.8. The molecule has 0 spiro atoms. The highest BCUT2D eigenvalue weighted by Crippen LogP contribution is 2.50. The van der Waals surface area contributed by atoms with E-state index < -0.39 is 0 Å². The van der Waals surface area contributed by atoms with Gasteiger partial charge < -0.3 is 5.73 Å². The molecule has 2 rings (SSSR count). The van der Waals surface area contributed by atoms with Gasteiger partial charge in [-0.3, -0.25) is 0 Å². The summed E-state index contributed by atoms with van der Waals surface area (Å²) in [6, 6.07) is 0. The van der Waals surface area contributed by atoms with Crippen LogP contribution in [-0.4, -0.2) is 6.54 Å². The van der Waals surface area contributed by atoms with Crippen molar-refractivity contribution in [2.45, 2.75) is 84.5 Å². The van der Waals surface area contributed by atoms with Gasteiger partial charge in [0.05, 0.1) is 0 Å². The molecular weight excluding hydrogens is 266 g/mol. The summed E-state index contributed by atoms with van der Waals surface area (Å²) >= 11 is 0. The van der Waals surface area contributed by atoms with Crippen LogP contribution in [0.1, 0.15) is 84.5 Å². The fourth-order valence-electron chi connectivity index (χ4n) is 4.54. The van der Waals surface area contributed by atoms with E-state index in [1.165, 1.54) is 70.6 Å². The number of rotatable bonds is 10. The highest BCUT2D eigenvalue weighted by molar-refractivity contribution is 5.27. The molecule has 1 saturated carbocycles. The van der Waals surface area contributed by atoms with Crippen molar-refractivity contribution >= 4 is 0 Å². The number of allylic oxidation sites excluding steroid dienone is 4. The molecule has 0 aromatic rings. The van der Waals surface area contributed by atoms with Crippen LogP contribution in [0.4, 0.5) is 0 Å². The van der Waals surface area contributed by atoms with E-state index in [1.54, 1.807) is 5.57 Å². The largest absolute Gasteiger partial charge is 0.330 e. The Bertz CT molecular complexity index is 377. The van der Waals surface area contributed by atoms with Crippen LogP contribution >= 0.6 is 0 Å². The molecule has 2 N–H and O–H groups in total. The third-order valence-corrected chi connectivity index (χ3v) is 5.99. The minimum Gasteiger partial charge on any atom is -0.330 e. The molecule has 0 amide bonds. The molecule has 2 aliphatic rings. The Balaban J connectivity index is 1.66. The Labute approximate surface area is 138 Å². The number of hydrogen-bond donors (Lipinski definition) is 1. The number of hydrogen-bond acceptors (Lipinski definition) is 1. The highest BCUT2D eigenvalue weighted by Gasteiger charge is 2.39. The van der Waals surface area contributed by atoms with E-state index in [1.807, 2.05) is 0 Å². The Morgan fingerprint density at radius 3 is 2.41 bits per heavy atom. The lowest BCUT2D eigenvalue weighted by atomic mass is 9.71. The molecule has 1 nitrogen and oxygen atoms in total. The van der Waals surface area contributed by atoms with Gasteiger partial charge in [0.15, 0.2) is 0 Å². The molecule has 22 heavy (non-hydrogen) atoms. The van der Waals surface area contributed by atoms with Gasteiger partial charge in [0.25, 0.3) is 0 Å². The van der Waals surface area contributed by atoms with E-state index >= 15 is 0 Å². The van der Waals surface area contributed by atoms with Crippen molar-refractivity contribution < 1.29 is 0 Å². The summed E-state index contributed by atoms with van der Waals surface area (Å²) < 4.78 is 0. The van der Waals surface area contributed by atoms with Crippen molar-refractivity contribution in [2.75, 3.05) is 6.54 Å². The average molecular weight is 304 g/mol. The summed E-state index contributed by atoms with van der Waals surface area (Å²) in [6.45, 7) is 5.89. The zero-order valence-corrected chi connectivity index (χ0v) is 14.9. The topological polar surface area (TPSA) is 26.0 Å². The molecule has 1 heteroatoms. The third-order valence-electron chi connectivity index (χ3n) is 5.99. The van der Waals surface area contributed by atoms with Crippen molar-refractivity contribution in [2.24, 2.45) is 23.0 Å². The van der Waals surface area contributed by atoms with Crippen LogP contribution in [0, 0.1) is 17.3 Å². The van der Waals surface area contributed by atoms with Crippen molar-refractivity contribution in [3.63, 3.8) is 0 Å². The van der Waals surface area contributed by atoms with E-state index in [-0.39, 0.29) is 0 Å². The molecule has 0 saturated heterocycles. The molecule has 0 radical (unpaired) electrons. The minimum atomic E-state index is 0.491. The molecule has 2 atom stereocenters. The van der Waals surface area contributed by atoms with Crippen LogP contribution in [0.15, 0.2) is 23.8 Å². The summed E-state index contributed by atoms with van der Waals surface area (Å²) in [7, 11) is 0. The maximum Gasteiger partial charge on any atom is -0.00773 e. The maximum absolute atomic E-state index is 5.54. The summed E-state index contributed by atoms with van der Waals surface area (Å²) in [6.07, 6.45) is 22.2. The Kier molecular flexibility index (Phi) is 7.21. The van der Waals surface area contributed by atoms with Crippen LogP contribution in [0.5, 0.6) is 0 Å². The fraction of sp³-hybridized carbons (Fsp3) is 0.810. The monoisotopic (exact) mass is 303 g/mol. The molecule has 0 aromatic heterocycles. The lowest BCUT2D eigenvalue weighted by Gasteiger charge is -2.34. The van der Waals surface area contributed by atoms with Gasteiger partial charge in [-0.2, -0.15) is 0 Å². The van der Waals surface area contributed by atoms with Gasteiger partial charge in [0.1, 0.15) is 0 Å². The summed E-state index contributed by atoms with van der Waals surface area (Å²) in [5.41, 5.74) is 7.80. The summed E-state index contributed by atoms with van der Waals surface area (Å²) in [5, 5.41) is 0. The molecule has 0 aromatic carbocycles. The van der Waals surface area contributed by atoms with Crippen molar-refractivity contribution in [3.8, 4) is 0 Å². The second-order valence-electron chi connectivity index (χ2n) is 8.16. The van der Waals surface area contributed by atoms with Gasteiger partial charge >= 0.3 is 0 Å². The van der Waals surface area contributed by atoms with Crippen LogP contribution in [0.25, 0.3) is 0 Å². The molecule has 0 aliphatic heterocycles. The molecule has 2 unspecified atom stereocenters. The first-order chi connectivity index (χ1) is 10.6. The van der Waals surface area contributed by atoms with Crippen LogP contribution < -0.4 is 5.73 Å². The van der Waals surface area contributed by atoms with E-state index in [0.29, 0.717) is 5.41 Å². The number of nitrogens with two attached hydrogens (primary N) is 1. The lowest BCUT2D eigenvalue weighted by molar-refractivity contribution is 0.222. The molecule has 1 fully saturated rings. The molecule has 0 heterocycles. The predicted molar refractivity (Wildman–Crippen MR) is 97.8 cm³/mol. The van der Waals surface area contributed by atoms with E-state index in [0.717, 1.165) is 18.4 Å². The molecular formula is C21H37N. The normalized spacial score (nSPS) is 24.4. The fourth-order valence-corrected chi connectivity index (χ4v) is 4.54. The maximum atomic E-state index is 5.54. The Morgan fingerprint density at radius 2 is 1.68 bits per heavy atom. The SMILES string of the molecule is CC(C)(CCCCCCCCCN)C1CCC2CC=CC=C21. The smallest absolute Gasteiger partial charge is 0.00773 e. The van der Waals surface area contributed by atoms with Gasteiger partial charge in [-0.15, -0.1) is 0 Å². The second-order valence-corrected chi connectivity index (χ2v) is 8.16. The van der Waals surface area contributed by atoms with Crippen LogP contribution in [-0.2, 0) is 0 Å². The van der Waals surface area contributed by atoms with Crippen LogP contribution in [0.2, 0.25) is 0 Å². The third kappa shape index (κ3) is 4.98. The molecule has 126 valence electrons. The van der Waals surface area contributed by atoms with Gasteiger partial charge in [0.2, 0.25) is 0 Å². The lowest BCUT2D eigenvalue weighted by Crippen LogP contribution is -2.24. The highest BCUT2D eigenvalue weighted by atomic mass is 14.5. The summed E-state index contributed by atoms with van der Waals surface area (Å²) in [4.78, 5) is 0. The summed E-state index contributed by atoms with van der Waals surface area (Å²) in [5.74, 6) is 1.71. The average Bonchev–Trinajstić information content (AvgIpc) is 2.95. The standard InChI is InChI=1S/C21H37N/c1-21(2,16-10-6-4-3-5-7-11-17-22)20-15-14-18-12-8-9-13-19(18)20/h8-9,13,18,20H,3-7,10-12,14-17,22H2,1-2H3. The van der Waals surface area contributed by atoms with E-state index in [2.05, 4.69) is 32.1 Å². The predicted octanol–water partition coefficient (Wildman–Crippen LogP) is 6.00. The van der Waals surface area contributed by atoms with E-state index in [4.69, 9.17) is 5.73 Å². The Morgan fingerprint density at radius 1 is 1.00 bits per heavy atom. The van der Waals surface area contributed by atoms with Gasteiger partial charge in [-0.1, -0.05) is 76.2 Å². The number of unbranched alkanes of at least 4 members (excludes halogenated alkanes) is 6. The van der Waals surface area contributed by atoms with Crippen molar-refractivity contribution in [1.82, 2.24) is 0 Å². The molecule has 2 aliphatic carbocycles. The molecule has 0 bridgehead atoms. The van der Waals surface area contributed by atoms with Crippen molar-refractivity contribution in [3.05, 3.63) is 23.8 Å². The van der Waals surface area contributed by atoms with Gasteiger partial charge in [-0.05, 0) is 55.9 Å². The quantitative estimate of drug-likeness (QED) is 0.492. The van der Waals surface area contributed by atoms with Crippen LogP contribution in [0.3, 0.4) is 0 Å². The van der Waals surface area contributed by atoms with Gasteiger partial charge in [0, 0.05) is 0 Å². The second kappa shape index (κ2) is 8.91. The zero-order chi connectivity index (χ0) is 15.8. The Hall–Kier alpha value is -0.560. The number of fused-ring (bicyclic) bond motifs is 1. The minimum absolute atomic E-state index is 0.491. The zero-order valence-electron chi connectivity index (χ0n) is 14.9. The van der Waals surface area contributed by atoms with E-state index in [9.17, 15) is 0 Å².